The predicted octanol–water partition coefficient (Wildman–Crippen LogP) is 5.52. The molecule has 0 spiro atoms. The summed E-state index contributed by atoms with van der Waals surface area (Å²) in [6, 6.07) is 18.4. The number of carbonyl (C=O) groups excluding carboxylic acids is 1. The van der Waals surface area contributed by atoms with Crippen molar-refractivity contribution in [3.8, 4) is 11.5 Å². The number of halogens is 1. The van der Waals surface area contributed by atoms with E-state index in [4.69, 9.17) is 21.1 Å². The largest absolute Gasteiger partial charge is 0.494 e. The Morgan fingerprint density at radius 2 is 1.71 bits per heavy atom. The molecule has 0 fully saturated rings. The van der Waals surface area contributed by atoms with Crippen molar-refractivity contribution in [3.05, 3.63) is 77.3 Å². The zero-order chi connectivity index (χ0) is 25.4. The fourth-order valence-electron chi connectivity index (χ4n) is 3.17. The molecule has 0 aliphatic carbocycles. The lowest BCUT2D eigenvalue weighted by Crippen LogP contribution is -2.31. The molecule has 2 N–H and O–H groups in total. The molecule has 7 nitrogen and oxygen atoms in total. The van der Waals surface area contributed by atoms with Crippen molar-refractivity contribution >= 4 is 45.0 Å². The van der Waals surface area contributed by atoms with E-state index in [1.54, 1.807) is 36.0 Å². The van der Waals surface area contributed by atoms with Crippen LogP contribution in [-0.2, 0) is 14.8 Å². The Kier molecular flexibility index (Phi) is 9.31. The predicted molar refractivity (Wildman–Crippen MR) is 140 cm³/mol. The van der Waals surface area contributed by atoms with Gasteiger partial charge < -0.3 is 14.8 Å². The molecule has 0 unspecified atom stereocenters. The monoisotopic (exact) mass is 534 g/mol. The van der Waals surface area contributed by atoms with Crippen molar-refractivity contribution in [3.63, 3.8) is 0 Å². The molecule has 0 aliphatic rings. The number of anilines is 1. The van der Waals surface area contributed by atoms with Gasteiger partial charge in [0.15, 0.2) is 6.61 Å². The highest BCUT2D eigenvalue weighted by Gasteiger charge is 2.17. The van der Waals surface area contributed by atoms with Gasteiger partial charge in [-0.25, -0.2) is 8.42 Å². The molecule has 0 radical (unpaired) electrons. The number of hydrogen-bond acceptors (Lipinski definition) is 6. The summed E-state index contributed by atoms with van der Waals surface area (Å²) >= 11 is 7.89. The zero-order valence-electron chi connectivity index (χ0n) is 19.6. The van der Waals surface area contributed by atoms with Gasteiger partial charge in [0.2, 0.25) is 0 Å². The second-order valence-corrected chi connectivity index (χ2v) is 10.5. The van der Waals surface area contributed by atoms with Crippen molar-refractivity contribution in [1.82, 2.24) is 5.32 Å². The molecule has 35 heavy (non-hydrogen) atoms. The minimum absolute atomic E-state index is 0.0319. The van der Waals surface area contributed by atoms with Crippen LogP contribution in [0.15, 0.2) is 76.5 Å². The summed E-state index contributed by atoms with van der Waals surface area (Å²) in [7, 11) is -3.87. The van der Waals surface area contributed by atoms with E-state index in [1.165, 1.54) is 18.2 Å². The third kappa shape index (κ3) is 7.55. The van der Waals surface area contributed by atoms with E-state index in [1.807, 2.05) is 44.4 Å². The summed E-state index contributed by atoms with van der Waals surface area (Å²) < 4.78 is 38.8. The number of carbonyl (C=O) groups is 1. The van der Waals surface area contributed by atoms with Crippen LogP contribution in [0.4, 0.5) is 5.69 Å². The molecule has 0 heterocycles. The molecule has 1 amide bonds. The lowest BCUT2D eigenvalue weighted by molar-refractivity contribution is -0.123. The Bertz CT molecular complexity index is 1250. The lowest BCUT2D eigenvalue weighted by atomic mass is 10.1. The van der Waals surface area contributed by atoms with E-state index in [0.717, 1.165) is 10.5 Å². The molecule has 0 saturated carbocycles. The first kappa shape index (κ1) is 26.7. The molecule has 3 aromatic carbocycles. The molecule has 3 rings (SSSR count). The van der Waals surface area contributed by atoms with Gasteiger partial charge in [0, 0.05) is 10.6 Å². The van der Waals surface area contributed by atoms with E-state index in [9.17, 15) is 13.2 Å². The maximum atomic E-state index is 12.7. The first-order valence-electron chi connectivity index (χ1n) is 10.8. The zero-order valence-corrected chi connectivity index (χ0v) is 22.0. The summed E-state index contributed by atoms with van der Waals surface area (Å²) in [5.74, 6) is 0.530. The molecule has 0 saturated heterocycles. The first-order chi connectivity index (χ1) is 16.7. The Labute approximate surface area is 215 Å². The summed E-state index contributed by atoms with van der Waals surface area (Å²) in [4.78, 5) is 13.4. The fourth-order valence-corrected chi connectivity index (χ4v) is 4.96. The van der Waals surface area contributed by atoms with E-state index in [0.29, 0.717) is 18.0 Å². The number of thioether (sulfide) groups is 1. The number of rotatable bonds is 11. The molecule has 0 aliphatic heterocycles. The third-order valence-corrected chi connectivity index (χ3v) is 7.40. The topological polar surface area (TPSA) is 93.7 Å². The summed E-state index contributed by atoms with van der Waals surface area (Å²) in [6.45, 7) is 4.01. The van der Waals surface area contributed by atoms with Gasteiger partial charge in [-0.3, -0.25) is 9.52 Å². The molecule has 1 atom stereocenters. The van der Waals surface area contributed by atoms with Crippen molar-refractivity contribution < 1.29 is 22.7 Å². The Hall–Kier alpha value is -2.88. The van der Waals surface area contributed by atoms with Crippen LogP contribution in [0.1, 0.15) is 25.5 Å². The quantitative estimate of drug-likeness (QED) is 0.315. The summed E-state index contributed by atoms with van der Waals surface area (Å²) in [6.07, 6.45) is 2.00. The van der Waals surface area contributed by atoms with Crippen LogP contribution >= 0.6 is 23.4 Å². The minimum atomic E-state index is -3.87. The van der Waals surface area contributed by atoms with Crippen LogP contribution in [0.2, 0.25) is 5.02 Å². The Balaban J connectivity index is 1.58. The van der Waals surface area contributed by atoms with E-state index < -0.39 is 10.0 Å². The molecule has 0 bridgehead atoms. The molecular formula is C25H27ClN2O5S2. The van der Waals surface area contributed by atoms with Crippen molar-refractivity contribution in [2.75, 3.05) is 24.2 Å². The van der Waals surface area contributed by atoms with Gasteiger partial charge in [-0.05, 0) is 80.3 Å². The number of benzene rings is 3. The number of hydrogen-bond donors (Lipinski definition) is 2. The first-order valence-corrected chi connectivity index (χ1v) is 13.9. The molecule has 3 aromatic rings. The SMILES string of the molecule is CCOc1ccc(NS(=O)(=O)c2ccc(OCC(=O)N[C@H](C)c3ccc(SC)cc3)c(Cl)c2)cc1. The Morgan fingerprint density at radius 3 is 2.31 bits per heavy atom. The molecular weight excluding hydrogens is 508 g/mol. The van der Waals surface area contributed by atoms with Crippen LogP contribution < -0.4 is 19.5 Å². The van der Waals surface area contributed by atoms with Gasteiger partial charge >= 0.3 is 0 Å². The van der Waals surface area contributed by atoms with Crippen LogP contribution in [0.5, 0.6) is 11.5 Å². The van der Waals surface area contributed by atoms with Gasteiger partial charge in [-0.15, -0.1) is 11.8 Å². The maximum Gasteiger partial charge on any atom is 0.261 e. The van der Waals surface area contributed by atoms with E-state index in [-0.39, 0.29) is 34.2 Å². The van der Waals surface area contributed by atoms with E-state index in [2.05, 4.69) is 10.0 Å². The van der Waals surface area contributed by atoms with Crippen LogP contribution in [0, 0.1) is 0 Å². The van der Waals surface area contributed by atoms with Crippen LogP contribution in [-0.4, -0.2) is 33.8 Å². The van der Waals surface area contributed by atoms with Crippen LogP contribution in [0.25, 0.3) is 0 Å². The number of ether oxygens (including phenoxy) is 2. The molecule has 10 heteroatoms. The highest BCUT2D eigenvalue weighted by atomic mass is 35.5. The standard InChI is InChI=1S/C25H27ClN2O5S2/c1-4-32-20-9-7-19(8-10-20)28-35(30,31)22-13-14-24(23(26)15-22)33-16-25(29)27-17(2)18-5-11-21(34-3)12-6-18/h5-15,17,28H,4,16H2,1-3H3,(H,27,29)/t17-/m1/s1. The van der Waals surface area contributed by atoms with Gasteiger partial charge in [0.1, 0.15) is 11.5 Å². The van der Waals surface area contributed by atoms with Gasteiger partial charge in [0.05, 0.1) is 22.6 Å². The highest BCUT2D eigenvalue weighted by molar-refractivity contribution is 7.98. The van der Waals surface area contributed by atoms with Crippen molar-refractivity contribution in [1.29, 1.82) is 0 Å². The average molecular weight is 535 g/mol. The smallest absolute Gasteiger partial charge is 0.261 e. The van der Waals surface area contributed by atoms with Crippen molar-refractivity contribution in [2.45, 2.75) is 29.7 Å². The van der Waals surface area contributed by atoms with Gasteiger partial charge in [0.25, 0.3) is 15.9 Å². The number of sulfonamides is 1. The lowest BCUT2D eigenvalue weighted by Gasteiger charge is -2.16. The molecule has 0 aromatic heterocycles. The normalized spacial score (nSPS) is 12.0. The number of amides is 1. The Morgan fingerprint density at radius 1 is 1.03 bits per heavy atom. The fraction of sp³-hybridized carbons (Fsp3) is 0.240. The average Bonchev–Trinajstić information content (AvgIpc) is 2.84. The number of nitrogens with one attached hydrogen (secondary N) is 2. The second kappa shape index (κ2) is 12.2. The van der Waals surface area contributed by atoms with Gasteiger partial charge in [-0.1, -0.05) is 23.7 Å². The van der Waals surface area contributed by atoms with E-state index >= 15 is 0 Å². The minimum Gasteiger partial charge on any atom is -0.494 e. The second-order valence-electron chi connectivity index (χ2n) is 7.51. The molecule has 186 valence electrons. The van der Waals surface area contributed by atoms with Crippen LogP contribution in [0.3, 0.4) is 0 Å². The summed E-state index contributed by atoms with van der Waals surface area (Å²) in [5.41, 5.74) is 1.36. The third-order valence-electron chi connectivity index (χ3n) is 4.98. The van der Waals surface area contributed by atoms with Gasteiger partial charge in [-0.2, -0.15) is 0 Å². The van der Waals surface area contributed by atoms with Crippen molar-refractivity contribution in [2.24, 2.45) is 0 Å². The highest BCUT2D eigenvalue weighted by Crippen LogP contribution is 2.29. The summed E-state index contributed by atoms with van der Waals surface area (Å²) in [5, 5.41) is 2.95. The maximum absolute atomic E-state index is 12.7.